The molecule has 0 aliphatic heterocycles. The number of nitrogens with zero attached hydrogens (tertiary/aromatic N) is 1. The van der Waals surface area contributed by atoms with Gasteiger partial charge in [-0.15, -0.1) is 0 Å². The predicted octanol–water partition coefficient (Wildman–Crippen LogP) is 4.81. The molecular weight excluding hydrogens is 448 g/mol. The van der Waals surface area contributed by atoms with Crippen LogP contribution in [0.4, 0.5) is 0 Å². The third-order valence-electron chi connectivity index (χ3n) is 4.19. The first-order valence-corrected chi connectivity index (χ1v) is 9.91. The van der Waals surface area contributed by atoms with Crippen LogP contribution in [0.1, 0.15) is 21.5 Å². The highest BCUT2D eigenvalue weighted by molar-refractivity contribution is 9.10. The molecule has 0 aromatic heterocycles. The summed E-state index contributed by atoms with van der Waals surface area (Å²) < 4.78 is 17.2. The third-order valence-corrected chi connectivity index (χ3v) is 4.69. The summed E-state index contributed by atoms with van der Waals surface area (Å²) >= 11 is 3.45. The van der Waals surface area contributed by atoms with Gasteiger partial charge in [0.15, 0.2) is 0 Å². The summed E-state index contributed by atoms with van der Waals surface area (Å²) in [5.41, 5.74) is 4.68. The maximum atomic E-state index is 12.5. The number of hydrogen-bond donors (Lipinski definition) is 1. The molecule has 0 fully saturated rings. The molecule has 3 aromatic carbocycles. The van der Waals surface area contributed by atoms with E-state index in [2.05, 4.69) is 26.5 Å². The molecule has 0 spiro atoms. The molecule has 7 heteroatoms. The molecule has 1 N–H and O–H groups in total. The van der Waals surface area contributed by atoms with E-state index in [0.29, 0.717) is 29.4 Å². The lowest BCUT2D eigenvalue weighted by molar-refractivity contribution is 0.0954. The van der Waals surface area contributed by atoms with Crippen molar-refractivity contribution in [3.8, 4) is 17.2 Å². The Kier molecular flexibility index (Phi) is 7.45. The molecule has 0 bridgehead atoms. The van der Waals surface area contributed by atoms with E-state index in [0.717, 1.165) is 15.6 Å². The number of carbonyl (C=O) groups is 1. The number of hydrogen-bond acceptors (Lipinski definition) is 5. The number of methoxy groups -OCH3 is 2. The number of halogens is 1. The number of ether oxygens (including phenoxy) is 3. The summed E-state index contributed by atoms with van der Waals surface area (Å²) in [5.74, 6) is 1.31. The van der Waals surface area contributed by atoms with E-state index in [-0.39, 0.29) is 5.91 Å². The molecule has 0 aliphatic carbocycles. The Bertz CT molecular complexity index is 1020. The zero-order valence-electron chi connectivity index (χ0n) is 16.6. The SMILES string of the molecule is COc1cc(OC)cc(C(=O)NN=Cc2cc(Br)ccc2OCc2ccccc2)c1. The Morgan fingerprint density at radius 3 is 2.37 bits per heavy atom. The van der Waals surface area contributed by atoms with Crippen LogP contribution in [0.3, 0.4) is 0 Å². The number of amides is 1. The predicted molar refractivity (Wildman–Crippen MR) is 120 cm³/mol. The topological polar surface area (TPSA) is 69.2 Å². The second-order valence-corrected chi connectivity index (χ2v) is 7.17. The van der Waals surface area contributed by atoms with Crippen LogP contribution >= 0.6 is 15.9 Å². The summed E-state index contributed by atoms with van der Waals surface area (Å²) in [6.45, 7) is 0.430. The summed E-state index contributed by atoms with van der Waals surface area (Å²) in [4.78, 5) is 12.5. The van der Waals surface area contributed by atoms with Crippen molar-refractivity contribution < 1.29 is 19.0 Å². The van der Waals surface area contributed by atoms with Gasteiger partial charge in [-0.2, -0.15) is 5.10 Å². The molecule has 0 unspecified atom stereocenters. The van der Waals surface area contributed by atoms with Gasteiger partial charge in [-0.25, -0.2) is 5.43 Å². The lowest BCUT2D eigenvalue weighted by atomic mass is 10.2. The first-order chi connectivity index (χ1) is 14.6. The van der Waals surface area contributed by atoms with E-state index < -0.39 is 0 Å². The van der Waals surface area contributed by atoms with E-state index >= 15 is 0 Å². The van der Waals surface area contributed by atoms with Crippen molar-refractivity contribution in [2.45, 2.75) is 6.61 Å². The van der Waals surface area contributed by atoms with Crippen LogP contribution in [-0.2, 0) is 6.61 Å². The summed E-state index contributed by atoms with van der Waals surface area (Å²) in [5, 5.41) is 4.08. The number of carbonyl (C=O) groups excluding carboxylic acids is 1. The Morgan fingerprint density at radius 1 is 1.00 bits per heavy atom. The second kappa shape index (κ2) is 10.5. The highest BCUT2D eigenvalue weighted by atomic mass is 79.9. The van der Waals surface area contributed by atoms with Crippen LogP contribution < -0.4 is 19.6 Å². The molecule has 6 nitrogen and oxygen atoms in total. The summed E-state index contributed by atoms with van der Waals surface area (Å²) in [7, 11) is 3.05. The van der Waals surface area contributed by atoms with Gasteiger partial charge in [-0.3, -0.25) is 4.79 Å². The van der Waals surface area contributed by atoms with E-state index in [4.69, 9.17) is 14.2 Å². The molecule has 30 heavy (non-hydrogen) atoms. The van der Waals surface area contributed by atoms with Gasteiger partial charge in [-0.1, -0.05) is 46.3 Å². The molecule has 3 aromatic rings. The first-order valence-electron chi connectivity index (χ1n) is 9.12. The number of benzene rings is 3. The molecule has 154 valence electrons. The fourth-order valence-corrected chi connectivity index (χ4v) is 3.03. The summed E-state index contributed by atoms with van der Waals surface area (Å²) in [6.07, 6.45) is 1.54. The highest BCUT2D eigenvalue weighted by Gasteiger charge is 2.09. The van der Waals surface area contributed by atoms with Crippen molar-refractivity contribution in [3.05, 3.63) is 87.9 Å². The second-order valence-electron chi connectivity index (χ2n) is 6.26. The fraction of sp³-hybridized carbons (Fsp3) is 0.130. The van der Waals surface area contributed by atoms with Gasteiger partial charge in [0.1, 0.15) is 23.9 Å². The van der Waals surface area contributed by atoms with Crippen molar-refractivity contribution in [1.82, 2.24) is 5.43 Å². The Balaban J connectivity index is 1.71. The van der Waals surface area contributed by atoms with Crippen molar-refractivity contribution in [1.29, 1.82) is 0 Å². The zero-order chi connectivity index (χ0) is 21.3. The van der Waals surface area contributed by atoms with E-state index in [1.54, 1.807) is 24.4 Å². The Morgan fingerprint density at radius 2 is 1.70 bits per heavy atom. The fourth-order valence-electron chi connectivity index (χ4n) is 2.65. The normalized spacial score (nSPS) is 10.6. The van der Waals surface area contributed by atoms with Crippen LogP contribution in [0.5, 0.6) is 17.2 Å². The van der Waals surface area contributed by atoms with Crippen molar-refractivity contribution in [2.24, 2.45) is 5.10 Å². The molecule has 3 rings (SSSR count). The van der Waals surface area contributed by atoms with Crippen LogP contribution in [0.15, 0.2) is 76.3 Å². The first kappa shape index (κ1) is 21.4. The van der Waals surface area contributed by atoms with Gasteiger partial charge < -0.3 is 14.2 Å². The van der Waals surface area contributed by atoms with E-state index in [1.807, 2.05) is 48.5 Å². The summed E-state index contributed by atoms with van der Waals surface area (Å²) in [6, 6.07) is 20.4. The standard InChI is InChI=1S/C23H21BrN2O4/c1-28-20-11-17(12-21(13-20)29-2)23(27)26-25-14-18-10-19(24)8-9-22(18)30-15-16-6-4-3-5-7-16/h3-14H,15H2,1-2H3,(H,26,27). The van der Waals surface area contributed by atoms with Crippen LogP contribution in [-0.4, -0.2) is 26.3 Å². The molecule has 0 radical (unpaired) electrons. The van der Waals surface area contributed by atoms with Crippen molar-refractivity contribution in [3.63, 3.8) is 0 Å². The maximum Gasteiger partial charge on any atom is 0.271 e. The quantitative estimate of drug-likeness (QED) is 0.380. The lowest BCUT2D eigenvalue weighted by Crippen LogP contribution is -2.17. The van der Waals surface area contributed by atoms with Crippen molar-refractivity contribution >= 4 is 28.1 Å². The Labute approximate surface area is 183 Å². The smallest absolute Gasteiger partial charge is 0.271 e. The molecule has 0 saturated carbocycles. The van der Waals surface area contributed by atoms with E-state index in [9.17, 15) is 4.79 Å². The molecule has 0 heterocycles. The molecular formula is C23H21BrN2O4. The van der Waals surface area contributed by atoms with Gasteiger partial charge in [0, 0.05) is 21.7 Å². The number of hydrazone groups is 1. The Hall–Kier alpha value is -3.32. The van der Waals surface area contributed by atoms with Gasteiger partial charge >= 0.3 is 0 Å². The minimum absolute atomic E-state index is 0.373. The van der Waals surface area contributed by atoms with Gasteiger partial charge in [0.05, 0.1) is 20.4 Å². The van der Waals surface area contributed by atoms with Crippen LogP contribution in [0.2, 0.25) is 0 Å². The van der Waals surface area contributed by atoms with Crippen molar-refractivity contribution in [2.75, 3.05) is 14.2 Å². The maximum absolute atomic E-state index is 12.5. The molecule has 0 aliphatic rings. The molecule has 1 amide bonds. The van der Waals surface area contributed by atoms with Gasteiger partial charge in [0.2, 0.25) is 0 Å². The molecule has 0 atom stereocenters. The molecule has 0 saturated heterocycles. The zero-order valence-corrected chi connectivity index (χ0v) is 18.2. The average molecular weight is 469 g/mol. The number of rotatable bonds is 8. The van der Waals surface area contributed by atoms with Crippen LogP contribution in [0, 0.1) is 0 Å². The third kappa shape index (κ3) is 5.84. The van der Waals surface area contributed by atoms with Crippen LogP contribution in [0.25, 0.3) is 0 Å². The van der Waals surface area contributed by atoms with Gasteiger partial charge in [-0.05, 0) is 35.9 Å². The monoisotopic (exact) mass is 468 g/mol. The van der Waals surface area contributed by atoms with E-state index in [1.165, 1.54) is 14.2 Å². The lowest BCUT2D eigenvalue weighted by Gasteiger charge is -2.10. The largest absolute Gasteiger partial charge is 0.497 e. The minimum atomic E-state index is -0.384. The average Bonchev–Trinajstić information content (AvgIpc) is 2.78. The highest BCUT2D eigenvalue weighted by Crippen LogP contribution is 2.24. The number of nitrogens with one attached hydrogen (secondary N) is 1. The minimum Gasteiger partial charge on any atom is -0.497 e. The van der Waals surface area contributed by atoms with Gasteiger partial charge in [0.25, 0.3) is 5.91 Å².